The first-order valence-electron chi connectivity index (χ1n) is 13.6. The van der Waals surface area contributed by atoms with Crippen LogP contribution in [-0.4, -0.2) is 74.5 Å². The van der Waals surface area contributed by atoms with Gasteiger partial charge in [0.1, 0.15) is 16.1 Å². The Kier molecular flexibility index (Phi) is 7.05. The number of hydrogen-bond donors (Lipinski definition) is 2. The zero-order chi connectivity index (χ0) is 28.6. The van der Waals surface area contributed by atoms with E-state index in [2.05, 4.69) is 31.4 Å². The van der Waals surface area contributed by atoms with Crippen molar-refractivity contribution in [2.24, 2.45) is 5.41 Å². The fourth-order valence-corrected chi connectivity index (χ4v) is 6.50. The van der Waals surface area contributed by atoms with Gasteiger partial charge in [0.2, 0.25) is 11.8 Å². The van der Waals surface area contributed by atoms with Crippen molar-refractivity contribution < 1.29 is 14.0 Å². The van der Waals surface area contributed by atoms with E-state index in [4.69, 9.17) is 6.42 Å². The Bertz CT molecular complexity index is 1640. The SMILES string of the molecule is C#CC1(C(=O)Nc2ccc3[nH]nc(-c4ccnc(C)c4)c3c2)CCN(CC(=O)N2CCC(F)(c3nccs3)CC2)C1. The third-order valence-electron chi connectivity index (χ3n) is 8.13. The van der Waals surface area contributed by atoms with Crippen LogP contribution in [0.1, 0.15) is 30.0 Å². The second kappa shape index (κ2) is 10.7. The predicted octanol–water partition coefficient (Wildman–Crippen LogP) is 4.14. The summed E-state index contributed by atoms with van der Waals surface area (Å²) < 4.78 is 15.3. The number of thiazole rings is 1. The molecule has 9 nitrogen and oxygen atoms in total. The van der Waals surface area contributed by atoms with E-state index in [1.807, 2.05) is 42.2 Å². The van der Waals surface area contributed by atoms with Crippen molar-refractivity contribution in [1.82, 2.24) is 30.0 Å². The minimum Gasteiger partial charge on any atom is -0.341 e. The summed E-state index contributed by atoms with van der Waals surface area (Å²) in [4.78, 5) is 38.6. The molecule has 1 aromatic carbocycles. The highest BCUT2D eigenvalue weighted by Gasteiger charge is 2.45. The number of nitrogens with zero attached hydrogens (tertiary/aromatic N) is 5. The molecule has 41 heavy (non-hydrogen) atoms. The van der Waals surface area contributed by atoms with E-state index in [1.54, 1.807) is 22.7 Å². The van der Waals surface area contributed by atoms with Gasteiger partial charge in [0.15, 0.2) is 5.67 Å². The number of benzene rings is 1. The first-order valence-corrected chi connectivity index (χ1v) is 14.5. The van der Waals surface area contributed by atoms with Gasteiger partial charge in [-0.3, -0.25) is 24.6 Å². The molecule has 2 fully saturated rings. The zero-order valence-electron chi connectivity index (χ0n) is 22.7. The molecule has 0 spiro atoms. The lowest BCUT2D eigenvalue weighted by Crippen LogP contribution is -2.47. The molecule has 0 saturated carbocycles. The summed E-state index contributed by atoms with van der Waals surface area (Å²) in [5, 5.41) is 13.6. The Hall–Kier alpha value is -4.14. The number of carbonyl (C=O) groups is 2. The lowest BCUT2D eigenvalue weighted by Gasteiger charge is -2.36. The molecule has 210 valence electrons. The summed E-state index contributed by atoms with van der Waals surface area (Å²) in [6.45, 7) is 3.53. The normalized spacial score (nSPS) is 20.7. The smallest absolute Gasteiger partial charge is 0.244 e. The van der Waals surface area contributed by atoms with Crippen LogP contribution in [0.2, 0.25) is 0 Å². The first kappa shape index (κ1) is 27.1. The van der Waals surface area contributed by atoms with E-state index >= 15 is 4.39 Å². The third kappa shape index (κ3) is 5.21. The number of carbonyl (C=O) groups excluding carboxylic acids is 2. The van der Waals surface area contributed by atoms with Gasteiger partial charge < -0.3 is 10.2 Å². The number of anilines is 1. The number of hydrogen-bond acceptors (Lipinski definition) is 7. The Morgan fingerprint density at radius 3 is 2.71 bits per heavy atom. The molecule has 1 atom stereocenters. The number of nitrogens with one attached hydrogen (secondary N) is 2. The number of fused-ring (bicyclic) bond motifs is 1. The zero-order valence-corrected chi connectivity index (χ0v) is 23.5. The minimum absolute atomic E-state index is 0.0799. The Morgan fingerprint density at radius 1 is 1.15 bits per heavy atom. The summed E-state index contributed by atoms with van der Waals surface area (Å²) in [6, 6.07) is 9.43. The van der Waals surface area contributed by atoms with Gasteiger partial charge in [0, 0.05) is 79.1 Å². The maximum Gasteiger partial charge on any atom is 0.244 e. The number of alkyl halides is 1. The molecule has 1 unspecified atom stereocenters. The number of amides is 2. The van der Waals surface area contributed by atoms with E-state index in [0.717, 1.165) is 27.9 Å². The third-order valence-corrected chi connectivity index (χ3v) is 9.09. The number of likely N-dealkylation sites (tertiary alicyclic amines) is 2. The van der Waals surface area contributed by atoms with E-state index in [-0.39, 0.29) is 37.7 Å². The molecule has 11 heteroatoms. The van der Waals surface area contributed by atoms with Crippen LogP contribution < -0.4 is 5.32 Å². The molecule has 2 aliphatic heterocycles. The van der Waals surface area contributed by atoms with Gasteiger partial charge in [-0.2, -0.15) is 5.10 Å². The summed E-state index contributed by atoms with van der Waals surface area (Å²) in [5.74, 6) is 2.37. The number of terminal acetylenes is 1. The number of aromatic nitrogens is 4. The van der Waals surface area contributed by atoms with E-state index in [0.29, 0.717) is 36.8 Å². The van der Waals surface area contributed by atoms with Crippen molar-refractivity contribution in [3.8, 4) is 23.6 Å². The number of rotatable bonds is 6. The average Bonchev–Trinajstić information content (AvgIpc) is 3.74. The van der Waals surface area contributed by atoms with Gasteiger partial charge in [0.05, 0.1) is 12.1 Å². The van der Waals surface area contributed by atoms with E-state index in [9.17, 15) is 9.59 Å². The lowest BCUT2D eigenvalue weighted by molar-refractivity contribution is -0.135. The van der Waals surface area contributed by atoms with Crippen LogP contribution in [0, 0.1) is 24.7 Å². The molecule has 0 aliphatic carbocycles. The molecule has 4 aromatic rings. The summed E-state index contributed by atoms with van der Waals surface area (Å²) in [5.41, 5.74) is 1.51. The molecule has 0 radical (unpaired) electrons. The number of aromatic amines is 1. The van der Waals surface area contributed by atoms with E-state index in [1.165, 1.54) is 11.3 Å². The maximum atomic E-state index is 15.3. The van der Waals surface area contributed by atoms with Crippen molar-refractivity contribution in [3.63, 3.8) is 0 Å². The topological polar surface area (TPSA) is 107 Å². The predicted molar refractivity (Wildman–Crippen MR) is 156 cm³/mol. The molecule has 2 saturated heterocycles. The molecule has 2 N–H and O–H groups in total. The average molecular weight is 572 g/mol. The van der Waals surface area contributed by atoms with Crippen LogP contribution in [0.5, 0.6) is 0 Å². The van der Waals surface area contributed by atoms with Gasteiger partial charge >= 0.3 is 0 Å². The van der Waals surface area contributed by atoms with Crippen LogP contribution in [0.3, 0.4) is 0 Å². The van der Waals surface area contributed by atoms with E-state index < -0.39 is 11.1 Å². The second-order valence-electron chi connectivity index (χ2n) is 10.8. The standard InChI is InChI=1S/C30H30FN7O2S/c1-3-29(7-12-37(19-29)18-25(39)38-13-8-30(31,9-14-38)28-33-11-15-41-28)27(40)34-22-4-5-24-23(17-22)26(36-35-24)21-6-10-32-20(2)16-21/h1,4-6,10-11,15-17H,7-9,12-14,18-19H2,2H3,(H,34,40)(H,35,36). The molecule has 5 heterocycles. The highest BCUT2D eigenvalue weighted by atomic mass is 32.1. The van der Waals surface area contributed by atoms with Crippen molar-refractivity contribution in [2.45, 2.75) is 31.9 Å². The van der Waals surface area contributed by atoms with Gasteiger partial charge in [-0.25, -0.2) is 9.37 Å². The molecule has 0 bridgehead atoms. The Labute approximate surface area is 241 Å². The molecule has 2 aliphatic rings. The van der Waals surface area contributed by atoms with Gasteiger partial charge in [-0.15, -0.1) is 17.8 Å². The maximum absolute atomic E-state index is 15.3. The lowest BCUT2D eigenvalue weighted by atomic mass is 9.87. The van der Waals surface area contributed by atoms with Crippen LogP contribution in [0.4, 0.5) is 10.1 Å². The second-order valence-corrected chi connectivity index (χ2v) is 11.7. The van der Waals surface area contributed by atoms with Crippen molar-refractivity contribution >= 4 is 39.7 Å². The fraction of sp³-hybridized carbons (Fsp3) is 0.367. The van der Waals surface area contributed by atoms with Crippen molar-refractivity contribution in [1.29, 1.82) is 0 Å². The van der Waals surface area contributed by atoms with Crippen molar-refractivity contribution in [2.75, 3.05) is 38.0 Å². The minimum atomic E-state index is -1.48. The largest absolute Gasteiger partial charge is 0.341 e. The highest BCUT2D eigenvalue weighted by molar-refractivity contribution is 7.09. The fourth-order valence-electron chi connectivity index (χ4n) is 5.71. The summed E-state index contributed by atoms with van der Waals surface area (Å²) >= 11 is 1.31. The number of pyridine rings is 1. The number of aryl methyl sites for hydroxylation is 1. The number of halogens is 1. The summed E-state index contributed by atoms with van der Waals surface area (Å²) in [7, 11) is 0. The Balaban J connectivity index is 1.10. The van der Waals surface area contributed by atoms with Crippen molar-refractivity contribution in [3.05, 3.63) is 58.8 Å². The van der Waals surface area contributed by atoms with Gasteiger partial charge in [-0.05, 0) is 43.7 Å². The van der Waals surface area contributed by atoms with Gasteiger partial charge in [0.25, 0.3) is 0 Å². The van der Waals surface area contributed by atoms with Crippen LogP contribution in [0.25, 0.3) is 22.2 Å². The van der Waals surface area contributed by atoms with Crippen LogP contribution in [-0.2, 0) is 15.3 Å². The van der Waals surface area contributed by atoms with Crippen LogP contribution >= 0.6 is 11.3 Å². The quantitative estimate of drug-likeness (QED) is 0.337. The molecular formula is C30H30FN7O2S. The summed E-state index contributed by atoms with van der Waals surface area (Å²) in [6.07, 6.45) is 10.2. The molecule has 2 amide bonds. The Morgan fingerprint density at radius 2 is 1.98 bits per heavy atom. The van der Waals surface area contributed by atoms with Crippen LogP contribution in [0.15, 0.2) is 48.1 Å². The molecular weight excluding hydrogens is 541 g/mol. The molecule has 6 rings (SSSR count). The highest BCUT2D eigenvalue weighted by Crippen LogP contribution is 2.38. The number of piperidine rings is 1. The van der Waals surface area contributed by atoms with Gasteiger partial charge in [-0.1, -0.05) is 5.92 Å². The molecule has 3 aromatic heterocycles. The number of H-pyrrole nitrogens is 1. The monoisotopic (exact) mass is 571 g/mol. The first-order chi connectivity index (χ1) is 19.8.